The molecule has 0 bridgehead atoms. The first-order chi connectivity index (χ1) is 8.09. The van der Waals surface area contributed by atoms with Crippen molar-refractivity contribution >= 4 is 22.9 Å². The second-order valence-electron chi connectivity index (χ2n) is 4.95. The molecule has 0 amide bonds. The molecule has 2 atom stereocenters. The fraction of sp³-hybridized carbons (Fsp3) is 0.538. The minimum atomic E-state index is 0.452. The molecule has 17 heavy (non-hydrogen) atoms. The number of aromatic nitrogens is 1. The van der Waals surface area contributed by atoms with Crippen molar-refractivity contribution in [1.29, 1.82) is 0 Å². The summed E-state index contributed by atoms with van der Waals surface area (Å²) in [4.78, 5) is 7.00. The summed E-state index contributed by atoms with van der Waals surface area (Å²) in [5.41, 5.74) is 7.78. The van der Waals surface area contributed by atoms with Gasteiger partial charge in [0.05, 0.1) is 11.9 Å². The van der Waals surface area contributed by atoms with Gasteiger partial charge >= 0.3 is 0 Å². The molecule has 1 aliphatic heterocycles. The van der Waals surface area contributed by atoms with Crippen molar-refractivity contribution in [2.24, 2.45) is 17.6 Å². The van der Waals surface area contributed by atoms with Gasteiger partial charge in [-0.15, -0.1) is 0 Å². The molecule has 1 aromatic heterocycles. The summed E-state index contributed by atoms with van der Waals surface area (Å²) in [6.45, 7) is 6.74. The molecular weight excluding hydrogens is 230 g/mol. The van der Waals surface area contributed by atoms with Gasteiger partial charge in [0.2, 0.25) is 0 Å². The third-order valence-corrected chi connectivity index (χ3v) is 3.96. The number of hydrogen-bond donors (Lipinski definition) is 1. The molecule has 2 unspecified atom stereocenters. The van der Waals surface area contributed by atoms with E-state index in [0.29, 0.717) is 10.9 Å². The Morgan fingerprint density at radius 2 is 2.24 bits per heavy atom. The lowest BCUT2D eigenvalue weighted by Gasteiger charge is -2.37. The van der Waals surface area contributed by atoms with Gasteiger partial charge in [-0.25, -0.2) is 0 Å². The second kappa shape index (κ2) is 5.00. The Morgan fingerprint density at radius 3 is 2.88 bits per heavy atom. The number of thiocarbonyl (C=S) groups is 1. The first-order valence-electron chi connectivity index (χ1n) is 6.08. The third kappa shape index (κ3) is 2.57. The van der Waals surface area contributed by atoms with Crippen LogP contribution in [0.5, 0.6) is 0 Å². The molecule has 0 aliphatic carbocycles. The quantitative estimate of drug-likeness (QED) is 0.816. The van der Waals surface area contributed by atoms with Crippen LogP contribution in [0.25, 0.3) is 0 Å². The second-order valence-corrected chi connectivity index (χ2v) is 5.39. The van der Waals surface area contributed by atoms with Gasteiger partial charge in [-0.1, -0.05) is 26.1 Å². The van der Waals surface area contributed by atoms with Gasteiger partial charge in [-0.05, 0) is 24.3 Å². The summed E-state index contributed by atoms with van der Waals surface area (Å²) >= 11 is 5.09. The molecule has 1 aromatic rings. The first kappa shape index (κ1) is 12.3. The smallest absolute Gasteiger partial charge is 0.106 e. The average Bonchev–Trinajstić information content (AvgIpc) is 2.32. The van der Waals surface area contributed by atoms with Crippen molar-refractivity contribution in [3.8, 4) is 0 Å². The fourth-order valence-corrected chi connectivity index (χ4v) is 2.50. The molecule has 0 aromatic carbocycles. The Kier molecular flexibility index (Phi) is 3.62. The maximum Gasteiger partial charge on any atom is 0.106 e. The zero-order valence-corrected chi connectivity index (χ0v) is 11.2. The largest absolute Gasteiger partial charge is 0.389 e. The fourth-order valence-electron chi connectivity index (χ4n) is 2.33. The Hall–Kier alpha value is -1.16. The van der Waals surface area contributed by atoms with E-state index in [0.717, 1.165) is 30.3 Å². The van der Waals surface area contributed by atoms with Crippen molar-refractivity contribution < 1.29 is 0 Å². The molecule has 2 heterocycles. The Balaban J connectivity index is 2.25. The molecule has 0 spiro atoms. The molecule has 92 valence electrons. The van der Waals surface area contributed by atoms with Crippen LogP contribution in [-0.2, 0) is 0 Å². The highest BCUT2D eigenvalue weighted by Crippen LogP contribution is 2.28. The third-order valence-electron chi connectivity index (χ3n) is 3.74. The molecule has 0 radical (unpaired) electrons. The normalized spacial score (nSPS) is 24.7. The lowest BCUT2D eigenvalue weighted by Crippen LogP contribution is -2.39. The van der Waals surface area contributed by atoms with E-state index in [4.69, 9.17) is 18.0 Å². The topological polar surface area (TPSA) is 42.2 Å². The minimum absolute atomic E-state index is 0.452. The highest BCUT2D eigenvalue weighted by molar-refractivity contribution is 7.80. The van der Waals surface area contributed by atoms with Crippen LogP contribution in [0.1, 0.15) is 25.8 Å². The van der Waals surface area contributed by atoms with E-state index in [2.05, 4.69) is 23.7 Å². The summed E-state index contributed by atoms with van der Waals surface area (Å²) in [5, 5.41) is 0. The number of pyridine rings is 1. The van der Waals surface area contributed by atoms with Crippen LogP contribution >= 0.6 is 12.2 Å². The van der Waals surface area contributed by atoms with Gasteiger partial charge < -0.3 is 10.6 Å². The number of rotatable bonds is 2. The van der Waals surface area contributed by atoms with Gasteiger partial charge in [0.15, 0.2) is 0 Å². The van der Waals surface area contributed by atoms with Crippen LogP contribution < -0.4 is 10.6 Å². The van der Waals surface area contributed by atoms with Crippen LogP contribution in [0.15, 0.2) is 18.5 Å². The van der Waals surface area contributed by atoms with E-state index in [-0.39, 0.29) is 0 Å². The minimum Gasteiger partial charge on any atom is -0.389 e. The number of hydrogen-bond acceptors (Lipinski definition) is 3. The van der Waals surface area contributed by atoms with E-state index >= 15 is 0 Å². The van der Waals surface area contributed by atoms with Crippen LogP contribution in [0.3, 0.4) is 0 Å². The molecule has 1 fully saturated rings. The van der Waals surface area contributed by atoms with Gasteiger partial charge in [0, 0.05) is 24.8 Å². The first-order valence-corrected chi connectivity index (χ1v) is 6.49. The van der Waals surface area contributed by atoms with Crippen LogP contribution in [0, 0.1) is 11.8 Å². The molecule has 0 saturated carbocycles. The standard InChI is InChI=1S/C13H19N3S/c1-9-4-6-16(8-10(9)2)12-7-15-5-3-11(12)13(14)17/h3,5,7,9-10H,4,6,8H2,1-2H3,(H2,14,17). The van der Waals surface area contributed by atoms with Crippen molar-refractivity contribution in [3.63, 3.8) is 0 Å². The number of nitrogens with two attached hydrogens (primary N) is 1. The average molecular weight is 249 g/mol. The highest BCUT2D eigenvalue weighted by atomic mass is 32.1. The Labute approximate surface area is 108 Å². The maximum absolute atomic E-state index is 5.76. The molecule has 4 heteroatoms. The molecular formula is C13H19N3S. The summed E-state index contributed by atoms with van der Waals surface area (Å²) < 4.78 is 0. The lowest BCUT2D eigenvalue weighted by atomic mass is 9.88. The number of piperidine rings is 1. The lowest BCUT2D eigenvalue weighted by molar-refractivity contribution is 0.324. The zero-order chi connectivity index (χ0) is 12.4. The summed E-state index contributed by atoms with van der Waals surface area (Å²) in [6.07, 6.45) is 4.83. The van der Waals surface area contributed by atoms with Crippen molar-refractivity contribution in [2.45, 2.75) is 20.3 Å². The van der Waals surface area contributed by atoms with Gasteiger partial charge in [-0.3, -0.25) is 4.98 Å². The number of nitrogens with zero attached hydrogens (tertiary/aromatic N) is 2. The predicted octanol–water partition coefficient (Wildman–Crippen LogP) is 2.20. The number of anilines is 1. The molecule has 2 N–H and O–H groups in total. The molecule has 1 aliphatic rings. The van der Waals surface area contributed by atoms with Gasteiger partial charge in [-0.2, -0.15) is 0 Å². The highest BCUT2D eigenvalue weighted by Gasteiger charge is 2.24. The van der Waals surface area contributed by atoms with Crippen LogP contribution in [0.4, 0.5) is 5.69 Å². The van der Waals surface area contributed by atoms with E-state index in [1.807, 2.05) is 12.3 Å². The van der Waals surface area contributed by atoms with E-state index in [1.165, 1.54) is 6.42 Å². The van der Waals surface area contributed by atoms with Gasteiger partial charge in [0.1, 0.15) is 4.99 Å². The molecule has 2 rings (SSSR count). The Morgan fingerprint density at radius 1 is 1.47 bits per heavy atom. The Bertz CT molecular complexity index is 419. The SMILES string of the molecule is CC1CCN(c2cnccc2C(N)=S)CC1C. The predicted molar refractivity (Wildman–Crippen MR) is 75.3 cm³/mol. The summed E-state index contributed by atoms with van der Waals surface area (Å²) in [6, 6.07) is 1.90. The van der Waals surface area contributed by atoms with Crippen LogP contribution in [-0.4, -0.2) is 23.1 Å². The molecule has 1 saturated heterocycles. The molecule has 3 nitrogen and oxygen atoms in total. The van der Waals surface area contributed by atoms with E-state index < -0.39 is 0 Å². The van der Waals surface area contributed by atoms with Gasteiger partial charge in [0.25, 0.3) is 0 Å². The van der Waals surface area contributed by atoms with Crippen molar-refractivity contribution in [1.82, 2.24) is 4.98 Å². The van der Waals surface area contributed by atoms with Crippen molar-refractivity contribution in [3.05, 3.63) is 24.0 Å². The summed E-state index contributed by atoms with van der Waals surface area (Å²) in [5.74, 6) is 1.49. The van der Waals surface area contributed by atoms with E-state index in [1.54, 1.807) is 6.20 Å². The zero-order valence-electron chi connectivity index (χ0n) is 10.4. The maximum atomic E-state index is 5.76. The van der Waals surface area contributed by atoms with Crippen molar-refractivity contribution in [2.75, 3.05) is 18.0 Å². The summed E-state index contributed by atoms with van der Waals surface area (Å²) in [7, 11) is 0. The monoisotopic (exact) mass is 249 g/mol. The van der Waals surface area contributed by atoms with Crippen LogP contribution in [0.2, 0.25) is 0 Å². The van der Waals surface area contributed by atoms with E-state index in [9.17, 15) is 0 Å².